The molecule has 0 bridgehead atoms. The second-order valence-electron chi connectivity index (χ2n) is 8.06. The first kappa shape index (κ1) is 22.7. The summed E-state index contributed by atoms with van der Waals surface area (Å²) in [5.74, 6) is 0.502. The predicted octanol–water partition coefficient (Wildman–Crippen LogP) is 5.45. The summed E-state index contributed by atoms with van der Waals surface area (Å²) in [6.45, 7) is 10.7. The third-order valence-electron chi connectivity index (χ3n) is 4.70. The normalized spacial score (nSPS) is 11.4. The summed E-state index contributed by atoms with van der Waals surface area (Å²) in [6, 6.07) is 13.9. The van der Waals surface area contributed by atoms with Gasteiger partial charge in [0.15, 0.2) is 28.3 Å². The van der Waals surface area contributed by atoms with Crippen LogP contribution in [0, 0.1) is 5.82 Å². The Balaban J connectivity index is 1.66. The fourth-order valence-corrected chi connectivity index (χ4v) is 3.78. The van der Waals surface area contributed by atoms with E-state index in [0.717, 1.165) is 0 Å². The lowest BCUT2D eigenvalue weighted by molar-refractivity contribution is 0.102. The third-order valence-corrected chi connectivity index (χ3v) is 5.67. The molecule has 162 valence electrons. The molecule has 1 aromatic heterocycles. The number of ketones is 1. The number of Topliss-reactive ketones (excluding diaryl/α,β-unsaturated/α-hetero) is 1. The average molecular weight is 440 g/mol. The molecule has 7 heteroatoms. The lowest BCUT2D eigenvalue weighted by Crippen LogP contribution is -2.12. The molecule has 3 aromatic rings. The minimum Gasteiger partial charge on any atom is -0.483 e. The van der Waals surface area contributed by atoms with Gasteiger partial charge in [0.25, 0.3) is 0 Å². The van der Waals surface area contributed by atoms with E-state index in [1.54, 1.807) is 24.3 Å². The largest absolute Gasteiger partial charge is 0.483 e. The highest BCUT2D eigenvalue weighted by molar-refractivity contribution is 7.99. The summed E-state index contributed by atoms with van der Waals surface area (Å²) in [7, 11) is 0. The van der Waals surface area contributed by atoms with Crippen molar-refractivity contribution >= 4 is 17.5 Å². The first-order valence-corrected chi connectivity index (χ1v) is 10.9. The molecule has 0 spiro atoms. The van der Waals surface area contributed by atoms with Gasteiger partial charge in [-0.25, -0.2) is 4.39 Å². The number of hydrogen-bond acceptors (Lipinski definition) is 5. The van der Waals surface area contributed by atoms with E-state index in [1.807, 2.05) is 28.8 Å². The molecule has 0 radical (unpaired) electrons. The number of halogens is 1. The lowest BCUT2D eigenvalue weighted by Gasteiger charge is -2.18. The van der Waals surface area contributed by atoms with Gasteiger partial charge < -0.3 is 4.74 Å². The van der Waals surface area contributed by atoms with Crippen LogP contribution in [0.3, 0.4) is 0 Å². The molecule has 0 fully saturated rings. The zero-order valence-electron chi connectivity index (χ0n) is 18.0. The van der Waals surface area contributed by atoms with Crippen molar-refractivity contribution in [2.45, 2.75) is 44.5 Å². The smallest absolute Gasteiger partial charge is 0.192 e. The first-order chi connectivity index (χ1) is 14.8. The number of thioether (sulfide) groups is 1. The SMILES string of the molecule is C=CCn1c(COc2ccccc2F)nnc1SCC(=O)c1ccc(C(C)(C)C)cc1. The van der Waals surface area contributed by atoms with Crippen LogP contribution in [0.25, 0.3) is 0 Å². The van der Waals surface area contributed by atoms with Crippen molar-refractivity contribution in [2.24, 2.45) is 0 Å². The number of nitrogens with zero attached hydrogens (tertiary/aromatic N) is 3. The summed E-state index contributed by atoms with van der Waals surface area (Å²) in [4.78, 5) is 12.6. The quantitative estimate of drug-likeness (QED) is 0.252. The van der Waals surface area contributed by atoms with Gasteiger partial charge in [0, 0.05) is 12.1 Å². The molecular weight excluding hydrogens is 413 g/mol. The number of para-hydroxylation sites is 1. The maximum Gasteiger partial charge on any atom is 0.192 e. The molecule has 0 unspecified atom stereocenters. The van der Waals surface area contributed by atoms with E-state index < -0.39 is 5.82 Å². The number of allylic oxidation sites excluding steroid dienone is 1. The van der Waals surface area contributed by atoms with Crippen molar-refractivity contribution < 1.29 is 13.9 Å². The fraction of sp³-hybridized carbons (Fsp3) is 0.292. The summed E-state index contributed by atoms with van der Waals surface area (Å²) in [6.07, 6.45) is 1.72. The summed E-state index contributed by atoms with van der Waals surface area (Å²) < 4.78 is 21.1. The Morgan fingerprint density at radius 3 is 2.52 bits per heavy atom. The molecule has 0 aliphatic carbocycles. The summed E-state index contributed by atoms with van der Waals surface area (Å²) in [5.41, 5.74) is 1.89. The van der Waals surface area contributed by atoms with Crippen molar-refractivity contribution in [3.05, 3.63) is 84.0 Å². The molecule has 0 saturated heterocycles. The number of hydrogen-bond donors (Lipinski definition) is 0. The average Bonchev–Trinajstić information content (AvgIpc) is 3.13. The van der Waals surface area contributed by atoms with Crippen LogP contribution in [0.2, 0.25) is 0 Å². The van der Waals surface area contributed by atoms with Crippen LogP contribution in [0.15, 0.2) is 66.3 Å². The monoisotopic (exact) mass is 439 g/mol. The van der Waals surface area contributed by atoms with Gasteiger partial charge in [-0.3, -0.25) is 9.36 Å². The van der Waals surface area contributed by atoms with Crippen LogP contribution in [-0.4, -0.2) is 26.3 Å². The maximum atomic E-state index is 13.8. The van der Waals surface area contributed by atoms with Gasteiger partial charge in [-0.1, -0.05) is 75.0 Å². The Labute approximate surface area is 186 Å². The number of carbonyl (C=O) groups is 1. The van der Waals surface area contributed by atoms with E-state index in [9.17, 15) is 9.18 Å². The Morgan fingerprint density at radius 1 is 1.16 bits per heavy atom. The van der Waals surface area contributed by atoms with Crippen molar-refractivity contribution in [3.63, 3.8) is 0 Å². The number of benzene rings is 2. The topological polar surface area (TPSA) is 57.0 Å². The molecule has 31 heavy (non-hydrogen) atoms. The number of aromatic nitrogens is 3. The second-order valence-corrected chi connectivity index (χ2v) is 9.00. The van der Waals surface area contributed by atoms with Gasteiger partial charge >= 0.3 is 0 Å². The van der Waals surface area contributed by atoms with Crippen molar-refractivity contribution in [2.75, 3.05) is 5.75 Å². The van der Waals surface area contributed by atoms with Gasteiger partial charge in [-0.05, 0) is 23.1 Å². The highest BCUT2D eigenvalue weighted by atomic mass is 32.2. The Bertz CT molecular complexity index is 1060. The van der Waals surface area contributed by atoms with E-state index in [0.29, 0.717) is 23.1 Å². The van der Waals surface area contributed by atoms with Crippen molar-refractivity contribution in [3.8, 4) is 5.75 Å². The molecule has 0 N–H and O–H groups in total. The molecule has 5 nitrogen and oxygen atoms in total. The van der Waals surface area contributed by atoms with Crippen LogP contribution >= 0.6 is 11.8 Å². The van der Waals surface area contributed by atoms with Crippen molar-refractivity contribution in [1.82, 2.24) is 14.8 Å². The number of rotatable bonds is 9. The van der Waals surface area contributed by atoms with Crippen molar-refractivity contribution in [1.29, 1.82) is 0 Å². The van der Waals surface area contributed by atoms with Gasteiger partial charge in [0.05, 0.1) is 5.75 Å². The molecule has 1 heterocycles. The third kappa shape index (κ3) is 5.82. The minimum absolute atomic E-state index is 0.0165. The van der Waals surface area contributed by atoms with E-state index in [1.165, 1.54) is 23.4 Å². The summed E-state index contributed by atoms with van der Waals surface area (Å²) in [5, 5.41) is 8.93. The highest BCUT2D eigenvalue weighted by Crippen LogP contribution is 2.24. The van der Waals surface area contributed by atoms with Crippen LogP contribution in [0.4, 0.5) is 4.39 Å². The van der Waals surface area contributed by atoms with E-state index in [-0.39, 0.29) is 29.3 Å². The minimum atomic E-state index is -0.435. The van der Waals surface area contributed by atoms with Gasteiger partial charge in [-0.2, -0.15) is 0 Å². The van der Waals surface area contributed by atoms with E-state index in [4.69, 9.17) is 4.74 Å². The summed E-state index contributed by atoms with van der Waals surface area (Å²) >= 11 is 1.31. The zero-order valence-corrected chi connectivity index (χ0v) is 18.8. The molecule has 0 atom stereocenters. The number of ether oxygens (including phenoxy) is 1. The van der Waals surface area contributed by atoms with Gasteiger partial charge in [-0.15, -0.1) is 16.8 Å². The Hall–Kier alpha value is -2.93. The van der Waals surface area contributed by atoms with E-state index in [2.05, 4.69) is 37.5 Å². The molecule has 0 aliphatic heterocycles. The Morgan fingerprint density at radius 2 is 1.87 bits per heavy atom. The molecular formula is C24H26FN3O2S. The molecule has 0 amide bonds. The van der Waals surface area contributed by atoms with Crippen LogP contribution in [-0.2, 0) is 18.6 Å². The maximum absolute atomic E-state index is 13.8. The lowest BCUT2D eigenvalue weighted by atomic mass is 9.86. The second kappa shape index (κ2) is 9.92. The first-order valence-electron chi connectivity index (χ1n) is 9.96. The van der Waals surface area contributed by atoms with Crippen LogP contribution in [0.1, 0.15) is 42.5 Å². The van der Waals surface area contributed by atoms with Gasteiger partial charge in [0.1, 0.15) is 6.61 Å². The van der Waals surface area contributed by atoms with Gasteiger partial charge in [0.2, 0.25) is 0 Å². The van der Waals surface area contributed by atoms with E-state index >= 15 is 0 Å². The molecule has 2 aromatic carbocycles. The molecule has 3 rings (SSSR count). The zero-order chi connectivity index (χ0) is 22.4. The number of carbonyl (C=O) groups excluding carboxylic acids is 1. The Kier molecular flexibility index (Phi) is 7.28. The highest BCUT2D eigenvalue weighted by Gasteiger charge is 2.17. The standard InChI is InChI=1S/C24H26FN3O2S/c1-5-14-28-22(15-30-21-9-7-6-8-19(21)25)26-27-23(28)31-16-20(29)17-10-12-18(13-11-17)24(2,3)4/h5-13H,1,14-16H2,2-4H3. The predicted molar refractivity (Wildman–Crippen MR) is 121 cm³/mol. The molecule has 0 saturated carbocycles. The fourth-order valence-electron chi connectivity index (χ4n) is 2.92. The molecule has 0 aliphatic rings. The van der Waals surface area contributed by atoms with Crippen LogP contribution in [0.5, 0.6) is 5.75 Å². The van der Waals surface area contributed by atoms with Crippen LogP contribution < -0.4 is 4.74 Å².